The topological polar surface area (TPSA) is 51.0 Å². The highest BCUT2D eigenvalue weighted by Gasteiger charge is 2.31. The minimum absolute atomic E-state index is 0.0714. The van der Waals surface area contributed by atoms with Gasteiger partial charge >= 0.3 is 0 Å². The maximum Gasteiger partial charge on any atom is 0.163 e. The third-order valence-electron chi connectivity index (χ3n) is 10.6. The maximum absolute atomic E-state index is 5.09. The van der Waals surface area contributed by atoms with E-state index in [-0.39, 0.29) is 5.92 Å². The molecular formula is C46H44N4. The standard InChI is InChI=1S/C46H44N4/c1-31-27-40(28-32(2)47-31)46-49-44(37-21-13-6-14-22-37)48-45(50-46)38-25-23-33(24-26-38)39-29-41(34-15-7-3-8-16-34)43(36-19-11-5-12-20-36)42(30-39)35-17-9-4-10-18-35/h3,5-8,11-16,19-27,30,35,40-41H,4,9-10,17-18,28-29H2,1-2H3. The Kier molecular flexibility index (Phi) is 9.17. The van der Waals surface area contributed by atoms with Crippen molar-refractivity contribution in [2.75, 3.05) is 0 Å². The predicted octanol–water partition coefficient (Wildman–Crippen LogP) is 11.7. The normalized spacial score (nSPS) is 19.8. The smallest absolute Gasteiger partial charge is 0.163 e. The molecule has 1 fully saturated rings. The minimum atomic E-state index is 0.0714. The van der Waals surface area contributed by atoms with Gasteiger partial charge in [-0.15, -0.1) is 0 Å². The summed E-state index contributed by atoms with van der Waals surface area (Å²) in [6.45, 7) is 4.14. The van der Waals surface area contributed by atoms with Crippen LogP contribution in [0.15, 0.2) is 144 Å². The Morgan fingerprint density at radius 2 is 1.14 bits per heavy atom. The number of nitrogens with zero attached hydrogens (tertiary/aromatic N) is 4. The van der Waals surface area contributed by atoms with Crippen LogP contribution in [0.3, 0.4) is 0 Å². The van der Waals surface area contributed by atoms with Crippen molar-refractivity contribution < 1.29 is 0 Å². The molecule has 4 nitrogen and oxygen atoms in total. The third kappa shape index (κ3) is 6.80. The largest absolute Gasteiger partial charge is 0.263 e. The minimum Gasteiger partial charge on any atom is -0.263 e. The highest BCUT2D eigenvalue weighted by atomic mass is 15.0. The van der Waals surface area contributed by atoms with Gasteiger partial charge in [-0.1, -0.05) is 147 Å². The van der Waals surface area contributed by atoms with E-state index in [0.717, 1.165) is 41.2 Å². The highest BCUT2D eigenvalue weighted by molar-refractivity contribution is 5.86. The molecule has 2 aliphatic carbocycles. The average Bonchev–Trinajstić information content (AvgIpc) is 3.18. The monoisotopic (exact) mass is 652 g/mol. The molecule has 248 valence electrons. The lowest BCUT2D eigenvalue weighted by Gasteiger charge is -2.34. The molecule has 5 aromatic rings. The van der Waals surface area contributed by atoms with E-state index in [1.165, 1.54) is 59.9 Å². The van der Waals surface area contributed by atoms with Crippen molar-refractivity contribution in [1.82, 2.24) is 15.0 Å². The fourth-order valence-electron chi connectivity index (χ4n) is 8.21. The molecule has 2 unspecified atom stereocenters. The van der Waals surface area contributed by atoms with Crippen LogP contribution in [0.1, 0.15) is 93.1 Å². The lowest BCUT2D eigenvalue weighted by Crippen LogP contribution is -2.17. The van der Waals surface area contributed by atoms with E-state index in [2.05, 4.69) is 128 Å². The Hall–Kier alpha value is -5.22. The summed E-state index contributed by atoms with van der Waals surface area (Å²) in [4.78, 5) is 19.8. The van der Waals surface area contributed by atoms with Crippen molar-refractivity contribution in [1.29, 1.82) is 0 Å². The second-order valence-corrected chi connectivity index (χ2v) is 14.2. The van der Waals surface area contributed by atoms with E-state index >= 15 is 0 Å². The zero-order valence-electron chi connectivity index (χ0n) is 29.1. The number of allylic oxidation sites excluding steroid dienone is 6. The van der Waals surface area contributed by atoms with Gasteiger partial charge in [0.2, 0.25) is 0 Å². The van der Waals surface area contributed by atoms with E-state index in [9.17, 15) is 0 Å². The molecule has 8 rings (SSSR count). The Bertz CT molecular complexity index is 2080. The molecule has 2 atom stereocenters. The zero-order chi connectivity index (χ0) is 33.9. The Morgan fingerprint density at radius 1 is 0.560 bits per heavy atom. The van der Waals surface area contributed by atoms with Crippen molar-refractivity contribution >= 4 is 16.9 Å². The average molecular weight is 653 g/mol. The van der Waals surface area contributed by atoms with E-state index in [0.29, 0.717) is 23.5 Å². The maximum atomic E-state index is 5.09. The molecule has 0 spiro atoms. The predicted molar refractivity (Wildman–Crippen MR) is 207 cm³/mol. The summed E-state index contributed by atoms with van der Waals surface area (Å²) in [7, 11) is 0. The summed E-state index contributed by atoms with van der Waals surface area (Å²) in [6.07, 6.45) is 13.0. The molecule has 1 aliphatic heterocycles. The van der Waals surface area contributed by atoms with Crippen LogP contribution < -0.4 is 0 Å². The molecule has 0 bridgehead atoms. The lowest BCUT2D eigenvalue weighted by atomic mass is 9.70. The summed E-state index contributed by atoms with van der Waals surface area (Å²) < 4.78 is 0. The van der Waals surface area contributed by atoms with Crippen LogP contribution in [0.25, 0.3) is 33.9 Å². The van der Waals surface area contributed by atoms with Crippen molar-refractivity contribution in [2.45, 2.75) is 70.6 Å². The van der Waals surface area contributed by atoms with Crippen molar-refractivity contribution in [3.05, 3.63) is 161 Å². The van der Waals surface area contributed by atoms with Crippen LogP contribution in [-0.4, -0.2) is 20.7 Å². The number of aromatic nitrogens is 3. The van der Waals surface area contributed by atoms with Crippen LogP contribution in [0.4, 0.5) is 0 Å². The summed E-state index contributed by atoms with van der Waals surface area (Å²) in [5.41, 5.74) is 12.6. The molecule has 0 N–H and O–H groups in total. The number of rotatable bonds is 7. The van der Waals surface area contributed by atoms with E-state index < -0.39 is 0 Å². The molecule has 4 heteroatoms. The lowest BCUT2D eigenvalue weighted by molar-refractivity contribution is 0.407. The number of hydrogen-bond donors (Lipinski definition) is 0. The molecule has 50 heavy (non-hydrogen) atoms. The quantitative estimate of drug-likeness (QED) is 0.176. The molecule has 1 aromatic heterocycles. The first kappa shape index (κ1) is 32.0. The van der Waals surface area contributed by atoms with Gasteiger partial charge in [-0.2, -0.15) is 0 Å². The van der Waals surface area contributed by atoms with Gasteiger partial charge in [0.05, 0.1) is 0 Å². The molecule has 0 saturated heterocycles. The van der Waals surface area contributed by atoms with Crippen LogP contribution in [0.2, 0.25) is 0 Å². The fourth-order valence-corrected chi connectivity index (χ4v) is 8.21. The van der Waals surface area contributed by atoms with Crippen molar-refractivity contribution in [3.8, 4) is 22.8 Å². The molecule has 3 aliphatic rings. The summed E-state index contributed by atoms with van der Waals surface area (Å²) >= 11 is 0. The van der Waals surface area contributed by atoms with Gasteiger partial charge in [0.25, 0.3) is 0 Å². The molecule has 4 aromatic carbocycles. The second-order valence-electron chi connectivity index (χ2n) is 14.2. The van der Waals surface area contributed by atoms with E-state index in [4.69, 9.17) is 15.0 Å². The Balaban J connectivity index is 1.20. The first-order valence-corrected chi connectivity index (χ1v) is 18.3. The Morgan fingerprint density at radius 3 is 1.78 bits per heavy atom. The van der Waals surface area contributed by atoms with Crippen LogP contribution in [0.5, 0.6) is 0 Å². The van der Waals surface area contributed by atoms with Crippen LogP contribution in [0, 0.1) is 5.92 Å². The molecule has 0 radical (unpaired) electrons. The SMILES string of the molecule is CC1=CC(c2nc(-c3ccccc3)nc(-c3ccc(C4=CC(C5CCCCC5)=C(c5ccccc5)C(c5ccccc5)C4)cc3)n2)CC(C)=N1. The van der Waals surface area contributed by atoms with Gasteiger partial charge in [0.1, 0.15) is 5.82 Å². The van der Waals surface area contributed by atoms with Gasteiger partial charge in [0, 0.05) is 34.4 Å². The molecule has 1 saturated carbocycles. The molecular weight excluding hydrogens is 609 g/mol. The Labute approximate surface area is 296 Å². The zero-order valence-corrected chi connectivity index (χ0v) is 29.1. The van der Waals surface area contributed by atoms with Gasteiger partial charge < -0.3 is 0 Å². The third-order valence-corrected chi connectivity index (χ3v) is 10.6. The van der Waals surface area contributed by atoms with E-state index in [1.807, 2.05) is 18.2 Å². The summed E-state index contributed by atoms with van der Waals surface area (Å²) in [6, 6.07) is 41.5. The number of aliphatic imine (C=N–C) groups is 1. The molecule has 2 heterocycles. The van der Waals surface area contributed by atoms with Gasteiger partial charge in [-0.25, -0.2) is 15.0 Å². The van der Waals surface area contributed by atoms with Gasteiger partial charge in [0.15, 0.2) is 11.6 Å². The van der Waals surface area contributed by atoms with Crippen molar-refractivity contribution in [2.24, 2.45) is 10.9 Å². The van der Waals surface area contributed by atoms with Crippen LogP contribution >= 0.6 is 0 Å². The van der Waals surface area contributed by atoms with Crippen LogP contribution in [-0.2, 0) is 0 Å². The number of benzene rings is 4. The summed E-state index contributed by atoms with van der Waals surface area (Å²) in [5.74, 6) is 3.17. The highest BCUT2D eigenvalue weighted by Crippen LogP contribution is 2.49. The van der Waals surface area contributed by atoms with Gasteiger partial charge in [-0.3, -0.25) is 4.99 Å². The van der Waals surface area contributed by atoms with E-state index in [1.54, 1.807) is 5.57 Å². The van der Waals surface area contributed by atoms with Gasteiger partial charge in [-0.05, 0) is 78.9 Å². The first-order valence-electron chi connectivity index (χ1n) is 18.3. The first-order chi connectivity index (χ1) is 24.6. The second kappa shape index (κ2) is 14.3. The van der Waals surface area contributed by atoms with Crippen molar-refractivity contribution in [3.63, 3.8) is 0 Å². The molecule has 0 amide bonds. The summed E-state index contributed by atoms with van der Waals surface area (Å²) in [5, 5.41) is 0. The number of hydrogen-bond acceptors (Lipinski definition) is 4. The fraction of sp³-hybridized carbons (Fsp3) is 0.261.